The van der Waals surface area contributed by atoms with Crippen molar-refractivity contribution < 1.29 is 28.3 Å². The van der Waals surface area contributed by atoms with Gasteiger partial charge in [-0.05, 0) is 36.4 Å². The maximum atomic E-state index is 13.9. The van der Waals surface area contributed by atoms with E-state index in [1.807, 2.05) is 0 Å². The second-order valence-electron chi connectivity index (χ2n) is 6.67. The van der Waals surface area contributed by atoms with Crippen LogP contribution in [0, 0.1) is 5.82 Å². The number of carbonyl (C=O) groups excluding carboxylic acids is 2. The Balaban J connectivity index is 1.58. The molecule has 3 aromatic rings. The lowest BCUT2D eigenvalue weighted by Gasteiger charge is -2.12. The molecule has 3 amide bonds. The predicted molar refractivity (Wildman–Crippen MR) is 110 cm³/mol. The van der Waals surface area contributed by atoms with Gasteiger partial charge in [0.25, 0.3) is 5.91 Å². The van der Waals surface area contributed by atoms with E-state index in [-0.39, 0.29) is 29.1 Å². The van der Waals surface area contributed by atoms with Crippen molar-refractivity contribution in [3.05, 3.63) is 88.0 Å². The third-order valence-corrected chi connectivity index (χ3v) is 4.97. The number of benzene rings is 2. The molecular formula is C22H14ClFN2O5. The summed E-state index contributed by atoms with van der Waals surface area (Å²) in [6.07, 6.45) is 1.33. The van der Waals surface area contributed by atoms with Gasteiger partial charge in [0.15, 0.2) is 0 Å². The number of hydrogen-bond donors (Lipinski definition) is 2. The van der Waals surface area contributed by atoms with E-state index in [4.69, 9.17) is 21.1 Å². The molecule has 2 N–H and O–H groups in total. The Hall–Kier alpha value is -3.91. The van der Waals surface area contributed by atoms with Crippen molar-refractivity contribution in [2.75, 3.05) is 0 Å². The Bertz CT molecular complexity index is 1250. The zero-order valence-electron chi connectivity index (χ0n) is 15.8. The number of amides is 3. The standard InChI is InChI=1S/C22H14ClFN2O5/c23-16-7-5-12(21(28)29)9-15(16)19-8-6-14(31-19)10-18-20(27)26(22(30)25-18)11-13-3-1-2-4-17(13)24/h1-10H,11H2,(H,25,30)(H,28,29). The molecule has 0 aliphatic carbocycles. The van der Waals surface area contributed by atoms with Gasteiger partial charge in [0.05, 0.1) is 17.1 Å². The zero-order valence-corrected chi connectivity index (χ0v) is 16.5. The fraction of sp³-hybridized carbons (Fsp3) is 0.0455. The van der Waals surface area contributed by atoms with Crippen molar-refractivity contribution in [2.45, 2.75) is 6.54 Å². The Morgan fingerprint density at radius 3 is 2.68 bits per heavy atom. The summed E-state index contributed by atoms with van der Waals surface area (Å²) in [6, 6.07) is 12.5. The van der Waals surface area contributed by atoms with E-state index in [2.05, 4.69) is 5.32 Å². The zero-order chi connectivity index (χ0) is 22.1. The molecule has 2 heterocycles. The number of carbonyl (C=O) groups is 3. The van der Waals surface area contributed by atoms with Crippen molar-refractivity contribution in [1.82, 2.24) is 10.2 Å². The van der Waals surface area contributed by atoms with Crippen LogP contribution in [0.4, 0.5) is 9.18 Å². The second kappa shape index (κ2) is 8.08. The predicted octanol–water partition coefficient (Wildman–Crippen LogP) is 4.53. The molecule has 4 rings (SSSR count). The van der Waals surface area contributed by atoms with Gasteiger partial charge in [-0.15, -0.1) is 0 Å². The Morgan fingerprint density at radius 2 is 1.94 bits per heavy atom. The molecule has 7 nitrogen and oxygen atoms in total. The fourth-order valence-electron chi connectivity index (χ4n) is 3.08. The van der Waals surface area contributed by atoms with Crippen LogP contribution in [0.5, 0.6) is 0 Å². The lowest BCUT2D eigenvalue weighted by molar-refractivity contribution is -0.123. The van der Waals surface area contributed by atoms with Gasteiger partial charge in [0.1, 0.15) is 23.0 Å². The SMILES string of the molecule is O=C(O)c1ccc(Cl)c(-c2ccc(C=C3NC(=O)N(Cc4ccccc4F)C3=O)o2)c1. The van der Waals surface area contributed by atoms with Crippen molar-refractivity contribution in [1.29, 1.82) is 0 Å². The maximum absolute atomic E-state index is 13.9. The lowest BCUT2D eigenvalue weighted by Crippen LogP contribution is -2.30. The highest BCUT2D eigenvalue weighted by Crippen LogP contribution is 2.31. The number of nitrogens with one attached hydrogen (secondary N) is 1. The average molecular weight is 441 g/mol. The number of urea groups is 1. The molecule has 31 heavy (non-hydrogen) atoms. The summed E-state index contributed by atoms with van der Waals surface area (Å²) in [4.78, 5) is 36.9. The maximum Gasteiger partial charge on any atom is 0.335 e. The summed E-state index contributed by atoms with van der Waals surface area (Å²) in [7, 11) is 0. The number of aromatic carboxylic acids is 1. The first-order valence-electron chi connectivity index (χ1n) is 9.04. The van der Waals surface area contributed by atoms with Gasteiger partial charge in [-0.2, -0.15) is 0 Å². The van der Waals surface area contributed by atoms with Crippen LogP contribution in [0.1, 0.15) is 21.7 Å². The first-order valence-corrected chi connectivity index (χ1v) is 9.42. The summed E-state index contributed by atoms with van der Waals surface area (Å²) >= 11 is 6.15. The third kappa shape index (κ3) is 4.06. The second-order valence-corrected chi connectivity index (χ2v) is 7.08. The van der Waals surface area contributed by atoms with Gasteiger partial charge < -0.3 is 14.8 Å². The van der Waals surface area contributed by atoms with E-state index in [0.717, 1.165) is 4.90 Å². The first-order chi connectivity index (χ1) is 14.8. The van der Waals surface area contributed by atoms with Crippen LogP contribution in [0.15, 0.2) is 64.7 Å². The Morgan fingerprint density at radius 1 is 1.16 bits per heavy atom. The average Bonchev–Trinajstić information content (AvgIpc) is 3.30. The first kappa shape index (κ1) is 20.4. The van der Waals surface area contributed by atoms with Gasteiger partial charge in [-0.3, -0.25) is 9.69 Å². The monoisotopic (exact) mass is 440 g/mol. The number of furan rings is 1. The van der Waals surface area contributed by atoms with Crippen LogP contribution in [0.3, 0.4) is 0 Å². The van der Waals surface area contributed by atoms with Crippen LogP contribution < -0.4 is 5.32 Å². The van der Waals surface area contributed by atoms with Gasteiger partial charge in [-0.1, -0.05) is 29.8 Å². The minimum absolute atomic E-state index is 0.0346. The molecule has 2 aromatic carbocycles. The lowest BCUT2D eigenvalue weighted by atomic mass is 10.1. The highest BCUT2D eigenvalue weighted by Gasteiger charge is 2.34. The number of nitrogens with zero attached hydrogens (tertiary/aromatic N) is 1. The van der Waals surface area contributed by atoms with Crippen molar-refractivity contribution in [2.24, 2.45) is 0 Å². The number of rotatable bonds is 5. The number of imide groups is 1. The molecule has 1 saturated heterocycles. The molecule has 156 valence electrons. The highest BCUT2D eigenvalue weighted by atomic mass is 35.5. The molecule has 0 atom stereocenters. The Labute approximate surface area is 180 Å². The summed E-state index contributed by atoms with van der Waals surface area (Å²) in [5, 5.41) is 11.9. The van der Waals surface area contributed by atoms with Crippen LogP contribution in [0.2, 0.25) is 5.02 Å². The van der Waals surface area contributed by atoms with E-state index in [0.29, 0.717) is 16.3 Å². The van der Waals surface area contributed by atoms with Crippen LogP contribution >= 0.6 is 11.6 Å². The summed E-state index contributed by atoms with van der Waals surface area (Å²) in [5.74, 6) is -1.72. The number of carboxylic acids is 1. The van der Waals surface area contributed by atoms with Gasteiger partial charge in [0.2, 0.25) is 0 Å². The molecule has 0 bridgehead atoms. The number of halogens is 2. The largest absolute Gasteiger partial charge is 0.478 e. The topological polar surface area (TPSA) is 99.9 Å². The summed E-state index contributed by atoms with van der Waals surface area (Å²) in [5.41, 5.74) is 0.583. The summed E-state index contributed by atoms with van der Waals surface area (Å²) in [6.45, 7) is -0.213. The van der Waals surface area contributed by atoms with E-state index in [1.54, 1.807) is 18.2 Å². The van der Waals surface area contributed by atoms with Gasteiger partial charge in [0, 0.05) is 17.2 Å². The fourth-order valence-corrected chi connectivity index (χ4v) is 3.29. The minimum Gasteiger partial charge on any atom is -0.478 e. The van der Waals surface area contributed by atoms with Crippen molar-refractivity contribution in [3.63, 3.8) is 0 Å². The molecule has 9 heteroatoms. The van der Waals surface area contributed by atoms with Crippen molar-refractivity contribution >= 4 is 35.6 Å². The molecule has 1 aromatic heterocycles. The number of carboxylic acid groups (broad SMARTS) is 1. The molecule has 1 aliphatic heterocycles. The van der Waals surface area contributed by atoms with Gasteiger partial charge >= 0.3 is 12.0 Å². The van der Waals surface area contributed by atoms with Gasteiger partial charge in [-0.25, -0.2) is 14.0 Å². The molecule has 1 fully saturated rings. The molecule has 0 radical (unpaired) electrons. The molecule has 0 unspecified atom stereocenters. The van der Waals surface area contributed by atoms with Crippen LogP contribution in [-0.4, -0.2) is 27.9 Å². The van der Waals surface area contributed by atoms with Crippen LogP contribution in [-0.2, 0) is 11.3 Å². The van der Waals surface area contributed by atoms with E-state index >= 15 is 0 Å². The van der Waals surface area contributed by atoms with Crippen LogP contribution in [0.25, 0.3) is 17.4 Å². The smallest absolute Gasteiger partial charge is 0.335 e. The van der Waals surface area contributed by atoms with Crippen molar-refractivity contribution in [3.8, 4) is 11.3 Å². The minimum atomic E-state index is -1.11. The van der Waals surface area contributed by atoms with E-state index in [1.165, 1.54) is 42.5 Å². The summed E-state index contributed by atoms with van der Waals surface area (Å²) < 4.78 is 19.5. The quantitative estimate of drug-likeness (QED) is 0.448. The third-order valence-electron chi connectivity index (χ3n) is 4.64. The van der Waals surface area contributed by atoms with E-state index < -0.39 is 23.7 Å². The normalized spacial score (nSPS) is 14.9. The molecule has 1 aliphatic rings. The Kier molecular flexibility index (Phi) is 5.31. The number of hydrogen-bond acceptors (Lipinski definition) is 4. The molecular weight excluding hydrogens is 427 g/mol. The van der Waals surface area contributed by atoms with E-state index in [9.17, 15) is 18.8 Å². The highest BCUT2D eigenvalue weighted by molar-refractivity contribution is 6.33. The molecule has 0 spiro atoms. The molecule has 0 saturated carbocycles.